The number of aromatic amines is 2. The monoisotopic (exact) mass is 858 g/mol. The smallest absolute Gasteiger partial charge is 0.407 e. The molecule has 4 N–H and O–H groups in total. The number of hydrogen-bond donors (Lipinski definition) is 4. The number of nitrogens with one attached hydrogen (secondary N) is 4. The molecule has 16 heteroatoms. The lowest BCUT2D eigenvalue weighted by Gasteiger charge is -2.28. The molecule has 8 rings (SSSR count). The van der Waals surface area contributed by atoms with Crippen LogP contribution < -0.4 is 10.6 Å². The van der Waals surface area contributed by atoms with Crippen molar-refractivity contribution in [1.29, 1.82) is 0 Å². The molecular weight excluding hydrogens is 811 g/mol. The second-order valence-electron chi connectivity index (χ2n) is 16.2. The van der Waals surface area contributed by atoms with Gasteiger partial charge in [-0.25, -0.2) is 28.3 Å². The number of amides is 4. The third kappa shape index (κ3) is 9.39. The van der Waals surface area contributed by atoms with Gasteiger partial charge in [0.05, 0.1) is 56.6 Å². The van der Waals surface area contributed by atoms with Gasteiger partial charge in [0.15, 0.2) is 0 Å². The number of carbonyl (C=O) groups is 4. The van der Waals surface area contributed by atoms with E-state index in [9.17, 15) is 28.0 Å². The number of likely N-dealkylation sites (tertiary alicyclic amines) is 2. The molecule has 0 saturated carbocycles. The Morgan fingerprint density at radius 3 is 2.06 bits per heavy atom. The van der Waals surface area contributed by atoms with Crippen LogP contribution in [0.4, 0.5) is 18.4 Å². The molecule has 0 bridgehead atoms. The van der Waals surface area contributed by atoms with Crippen LogP contribution in [0.25, 0.3) is 44.4 Å². The number of halogens is 2. The number of carbonyl (C=O) groups excluding carboxylic acids is 4. The minimum atomic E-state index is -3.06. The molecule has 2 aromatic heterocycles. The first-order chi connectivity index (χ1) is 30.4. The van der Waals surface area contributed by atoms with Gasteiger partial charge in [-0.15, -0.1) is 0 Å². The molecule has 4 atom stereocenters. The van der Waals surface area contributed by atoms with Gasteiger partial charge in [-0.2, -0.15) is 0 Å². The molecule has 2 saturated heterocycles. The minimum Gasteiger partial charge on any atom is -0.453 e. The lowest BCUT2D eigenvalue weighted by molar-refractivity contribution is -0.135. The number of fused-ring (bicyclic) bond motifs is 1. The van der Waals surface area contributed by atoms with E-state index in [1.165, 1.54) is 19.1 Å². The molecule has 2 aliphatic rings. The van der Waals surface area contributed by atoms with E-state index in [1.807, 2.05) is 48.5 Å². The summed E-state index contributed by atoms with van der Waals surface area (Å²) in [5.74, 6) is -3.05. The van der Waals surface area contributed by atoms with Crippen LogP contribution in [-0.2, 0) is 19.1 Å². The zero-order chi connectivity index (χ0) is 44.3. The number of alkyl carbamates (subject to hydrolysis) is 2. The minimum absolute atomic E-state index is 0.0202. The molecule has 0 aliphatic carbocycles. The van der Waals surface area contributed by atoms with E-state index in [4.69, 9.17) is 9.72 Å². The van der Waals surface area contributed by atoms with Gasteiger partial charge >= 0.3 is 12.2 Å². The Labute approximate surface area is 362 Å². The summed E-state index contributed by atoms with van der Waals surface area (Å²) in [6, 6.07) is 27.3. The van der Waals surface area contributed by atoms with Crippen LogP contribution in [0.5, 0.6) is 0 Å². The summed E-state index contributed by atoms with van der Waals surface area (Å²) in [5, 5.41) is 7.31. The van der Waals surface area contributed by atoms with Gasteiger partial charge < -0.3 is 39.9 Å². The highest BCUT2D eigenvalue weighted by Gasteiger charge is 2.48. The lowest BCUT2D eigenvalue weighted by Crippen LogP contribution is -2.42. The number of nitrogens with zero attached hydrogens (tertiary/aromatic N) is 4. The molecule has 2 aliphatic heterocycles. The molecule has 2 fully saturated rings. The Morgan fingerprint density at radius 1 is 0.778 bits per heavy atom. The number of benzene rings is 4. The van der Waals surface area contributed by atoms with Crippen molar-refractivity contribution in [1.82, 2.24) is 40.4 Å². The molecule has 0 spiro atoms. The molecule has 4 heterocycles. The molecule has 63 heavy (non-hydrogen) atoms. The van der Waals surface area contributed by atoms with E-state index >= 15 is 0 Å². The van der Waals surface area contributed by atoms with Gasteiger partial charge in [0.1, 0.15) is 17.7 Å². The van der Waals surface area contributed by atoms with E-state index in [1.54, 1.807) is 36.4 Å². The van der Waals surface area contributed by atoms with Gasteiger partial charge in [-0.3, -0.25) is 9.59 Å². The molecule has 6 aromatic rings. The third-order valence-electron chi connectivity index (χ3n) is 11.8. The lowest BCUT2D eigenvalue weighted by atomic mass is 9.98. The summed E-state index contributed by atoms with van der Waals surface area (Å²) in [7, 11) is 2.51. The Bertz CT molecular complexity index is 2620. The van der Waals surface area contributed by atoms with Crippen molar-refractivity contribution in [2.75, 3.05) is 33.9 Å². The molecule has 326 valence electrons. The van der Waals surface area contributed by atoms with Crippen molar-refractivity contribution in [3.8, 4) is 33.6 Å². The van der Waals surface area contributed by atoms with Crippen molar-refractivity contribution in [2.24, 2.45) is 5.92 Å². The summed E-state index contributed by atoms with van der Waals surface area (Å²) in [5.41, 5.74) is 5.87. The molecule has 0 radical (unpaired) electrons. The normalized spacial score (nSPS) is 17.9. The molecule has 14 nitrogen and oxygen atoms in total. The van der Waals surface area contributed by atoms with Crippen molar-refractivity contribution in [2.45, 2.75) is 56.7 Å². The van der Waals surface area contributed by atoms with E-state index in [2.05, 4.69) is 60.7 Å². The van der Waals surface area contributed by atoms with Crippen molar-refractivity contribution in [3.63, 3.8) is 0 Å². The Kier molecular flexibility index (Phi) is 12.2. The summed E-state index contributed by atoms with van der Waals surface area (Å²) in [6.07, 6.45) is 3.04. The van der Waals surface area contributed by atoms with Crippen LogP contribution >= 0.6 is 0 Å². The predicted octanol–water partition coefficient (Wildman–Crippen LogP) is 8.34. The Hall–Kier alpha value is -7.10. The van der Waals surface area contributed by atoms with Crippen molar-refractivity contribution < 1.29 is 37.4 Å². The molecular formula is C47H48F2N8O6. The van der Waals surface area contributed by atoms with Crippen LogP contribution in [-0.4, -0.2) is 93.5 Å². The average Bonchev–Trinajstić information content (AvgIpc) is 4.14. The fourth-order valence-electron chi connectivity index (χ4n) is 8.47. The van der Waals surface area contributed by atoms with Gasteiger partial charge in [0, 0.05) is 31.5 Å². The van der Waals surface area contributed by atoms with Gasteiger partial charge in [0.2, 0.25) is 5.91 Å². The maximum atomic E-state index is 14.7. The van der Waals surface area contributed by atoms with Crippen LogP contribution in [0.1, 0.15) is 67.9 Å². The summed E-state index contributed by atoms with van der Waals surface area (Å²) >= 11 is 0. The van der Waals surface area contributed by atoms with Gasteiger partial charge in [0.25, 0.3) is 11.8 Å². The zero-order valence-electron chi connectivity index (χ0n) is 35.1. The van der Waals surface area contributed by atoms with E-state index in [-0.39, 0.29) is 36.7 Å². The number of ether oxygens (including phenoxy) is 2. The molecule has 4 amide bonds. The number of aromatic nitrogens is 4. The van der Waals surface area contributed by atoms with Crippen molar-refractivity contribution >= 4 is 34.8 Å². The predicted molar refractivity (Wildman–Crippen MR) is 231 cm³/mol. The van der Waals surface area contributed by atoms with Crippen LogP contribution in [0.2, 0.25) is 0 Å². The third-order valence-corrected chi connectivity index (χ3v) is 11.8. The maximum absolute atomic E-state index is 14.7. The zero-order valence-corrected chi connectivity index (χ0v) is 35.1. The topological polar surface area (TPSA) is 175 Å². The van der Waals surface area contributed by atoms with Gasteiger partial charge in [-0.05, 0) is 63.9 Å². The summed E-state index contributed by atoms with van der Waals surface area (Å²) < 4.78 is 38.8. The first-order valence-electron chi connectivity index (χ1n) is 20.8. The number of rotatable bonds is 12. The van der Waals surface area contributed by atoms with E-state index in [0.717, 1.165) is 51.6 Å². The van der Waals surface area contributed by atoms with Crippen LogP contribution in [0.3, 0.4) is 0 Å². The maximum Gasteiger partial charge on any atom is 0.407 e. The highest BCUT2D eigenvalue weighted by molar-refractivity contribution is 5.91. The highest BCUT2D eigenvalue weighted by atomic mass is 19.3. The second kappa shape index (κ2) is 18.1. The quantitative estimate of drug-likeness (QED) is 0.0950. The first-order valence-corrected chi connectivity index (χ1v) is 20.8. The second-order valence-corrected chi connectivity index (χ2v) is 16.2. The average molecular weight is 859 g/mol. The summed E-state index contributed by atoms with van der Waals surface area (Å²) in [6.45, 7) is 1.76. The number of alkyl halides is 2. The number of H-pyrrole nitrogens is 2. The van der Waals surface area contributed by atoms with E-state index in [0.29, 0.717) is 23.6 Å². The molecule has 4 unspecified atom stereocenters. The molecule has 4 aromatic carbocycles. The highest BCUT2D eigenvalue weighted by Crippen LogP contribution is 2.41. The first kappa shape index (κ1) is 42.6. The van der Waals surface area contributed by atoms with E-state index < -0.39 is 49.1 Å². The Morgan fingerprint density at radius 2 is 1.38 bits per heavy atom. The van der Waals surface area contributed by atoms with Crippen molar-refractivity contribution in [3.05, 3.63) is 121 Å². The number of methoxy groups -OCH3 is 2. The fourth-order valence-corrected chi connectivity index (χ4v) is 8.47. The largest absolute Gasteiger partial charge is 0.453 e. The number of hydrogen-bond acceptors (Lipinski definition) is 8. The standard InChI is InChI=1S/C47H48F2N8O6/c1-28(24-52-45(60)62-2)20-40(58)57-27-47(48,49)23-39(57)43-51-25-36(53-43)30-13-11-29(12-14-30)32-15-16-34-22-35(18-17-33(34)21-32)37-26-50-42(54-37)38-10-7-19-56(38)44(59)41(55-46(61)63-3)31-8-5-4-6-9-31/h4-6,8-9,11-18,21-22,25-26,28,38-39,41H,7,10,19-20,23-24,27H2,1-3H3,(H,50,54)(H,51,53)(H,52,60)(H,55,61). The Balaban J connectivity index is 0.933. The van der Waals surface area contributed by atoms with Crippen LogP contribution in [0, 0.1) is 5.92 Å². The SMILES string of the molecule is COC(=O)NCC(C)CC(=O)N1CC(F)(F)CC1c1ncc(-c2ccc(-c3ccc4cc(-c5cnc(C6CCCN6C(=O)C(NC(=O)OC)c6ccccc6)[nH]5)ccc4c3)cc2)[nH]1. The number of imidazole rings is 2. The van der Waals surface area contributed by atoms with Gasteiger partial charge in [-0.1, -0.05) is 85.8 Å². The summed E-state index contributed by atoms with van der Waals surface area (Å²) in [4.78, 5) is 69.5. The van der Waals surface area contributed by atoms with Crippen LogP contribution in [0.15, 0.2) is 103 Å². The fraction of sp³-hybridized carbons (Fsp3) is 0.319.